The Morgan fingerprint density at radius 3 is 3.06 bits per heavy atom. The van der Waals surface area contributed by atoms with Gasteiger partial charge in [0.25, 0.3) is 5.88 Å². The maximum absolute atomic E-state index is 10.7. The number of rotatable bonds is 6. The Morgan fingerprint density at radius 2 is 2.44 bits per heavy atom. The third kappa shape index (κ3) is 3.63. The molecule has 0 aliphatic carbocycles. The Labute approximate surface area is 97.7 Å². The molecule has 0 radical (unpaired) electrons. The van der Waals surface area contributed by atoms with Gasteiger partial charge in [-0.2, -0.15) is 0 Å². The van der Waals surface area contributed by atoms with E-state index >= 15 is 0 Å². The first-order valence-corrected chi connectivity index (χ1v) is 5.16. The van der Waals surface area contributed by atoms with E-state index in [0.717, 1.165) is 6.54 Å². The highest BCUT2D eigenvalue weighted by atomic mass is 35.5. The van der Waals surface area contributed by atoms with Crippen LogP contribution in [-0.2, 0) is 0 Å². The van der Waals surface area contributed by atoms with E-state index in [4.69, 9.17) is 16.3 Å². The van der Waals surface area contributed by atoms with Crippen LogP contribution < -0.4 is 10.1 Å². The van der Waals surface area contributed by atoms with Crippen LogP contribution in [0.1, 0.15) is 6.92 Å². The van der Waals surface area contributed by atoms with Crippen LogP contribution in [-0.4, -0.2) is 29.6 Å². The molecule has 1 N–H and O–H groups in total. The molecule has 6 nitrogen and oxygen atoms in total. The first kappa shape index (κ1) is 12.7. The van der Waals surface area contributed by atoms with Crippen molar-refractivity contribution in [3.05, 3.63) is 27.4 Å². The van der Waals surface area contributed by atoms with Crippen LogP contribution in [0.5, 0.6) is 5.88 Å². The van der Waals surface area contributed by atoms with E-state index in [1.165, 1.54) is 12.3 Å². The zero-order valence-corrected chi connectivity index (χ0v) is 9.53. The molecule has 1 rings (SSSR count). The Kier molecular flexibility index (Phi) is 4.94. The summed E-state index contributed by atoms with van der Waals surface area (Å²) in [5.74, 6) is -0.00713. The maximum atomic E-state index is 10.7. The summed E-state index contributed by atoms with van der Waals surface area (Å²) in [6, 6.07) is 1.22. The van der Waals surface area contributed by atoms with Gasteiger partial charge in [0.2, 0.25) is 0 Å². The lowest BCUT2D eigenvalue weighted by Crippen LogP contribution is -2.20. The summed E-state index contributed by atoms with van der Waals surface area (Å²) in [4.78, 5) is 13.9. The lowest BCUT2D eigenvalue weighted by molar-refractivity contribution is -0.386. The van der Waals surface area contributed by atoms with Crippen molar-refractivity contribution in [1.29, 1.82) is 0 Å². The number of hydrogen-bond acceptors (Lipinski definition) is 5. The van der Waals surface area contributed by atoms with Gasteiger partial charge < -0.3 is 10.1 Å². The van der Waals surface area contributed by atoms with Gasteiger partial charge in [0.05, 0.1) is 16.1 Å². The third-order valence-corrected chi connectivity index (χ3v) is 1.97. The monoisotopic (exact) mass is 245 g/mol. The maximum Gasteiger partial charge on any atom is 0.332 e. The van der Waals surface area contributed by atoms with E-state index < -0.39 is 4.92 Å². The number of hydrogen-bond donors (Lipinski definition) is 1. The van der Waals surface area contributed by atoms with Crippen molar-refractivity contribution in [2.45, 2.75) is 6.92 Å². The second kappa shape index (κ2) is 6.24. The van der Waals surface area contributed by atoms with Gasteiger partial charge in [-0.15, -0.1) is 0 Å². The normalized spacial score (nSPS) is 10.1. The zero-order chi connectivity index (χ0) is 12.0. The lowest BCUT2D eigenvalue weighted by atomic mass is 10.4. The molecule has 0 aliphatic heterocycles. The largest absolute Gasteiger partial charge is 0.471 e. The van der Waals surface area contributed by atoms with Gasteiger partial charge in [0.15, 0.2) is 0 Å². The van der Waals surface area contributed by atoms with Gasteiger partial charge in [-0.3, -0.25) is 10.1 Å². The van der Waals surface area contributed by atoms with Crippen molar-refractivity contribution in [3.63, 3.8) is 0 Å². The van der Waals surface area contributed by atoms with Gasteiger partial charge in [-0.05, 0) is 6.54 Å². The van der Waals surface area contributed by atoms with Crippen LogP contribution in [0.4, 0.5) is 5.69 Å². The summed E-state index contributed by atoms with van der Waals surface area (Å²) in [5.41, 5.74) is -0.219. The number of aromatic nitrogens is 1. The second-order valence-electron chi connectivity index (χ2n) is 2.94. The number of pyridine rings is 1. The fourth-order valence-electron chi connectivity index (χ4n) is 1.05. The highest BCUT2D eigenvalue weighted by Gasteiger charge is 2.17. The molecule has 0 saturated carbocycles. The van der Waals surface area contributed by atoms with Crippen molar-refractivity contribution >= 4 is 17.3 Å². The minimum Gasteiger partial charge on any atom is -0.471 e. The lowest BCUT2D eigenvalue weighted by Gasteiger charge is -2.05. The predicted octanol–water partition coefficient (Wildman–Crippen LogP) is 1.63. The van der Waals surface area contributed by atoms with Crippen molar-refractivity contribution in [2.75, 3.05) is 19.7 Å². The summed E-state index contributed by atoms with van der Waals surface area (Å²) in [6.45, 7) is 3.71. The molecular weight excluding hydrogens is 234 g/mol. The SMILES string of the molecule is CCNCCOc1ncc(Cl)cc1[N+](=O)[O-]. The van der Waals surface area contributed by atoms with E-state index in [9.17, 15) is 10.1 Å². The molecule has 0 aliphatic rings. The van der Waals surface area contributed by atoms with Crippen LogP contribution in [0.15, 0.2) is 12.3 Å². The second-order valence-corrected chi connectivity index (χ2v) is 3.37. The highest BCUT2D eigenvalue weighted by molar-refractivity contribution is 6.30. The number of ether oxygens (including phenoxy) is 1. The molecule has 0 bridgehead atoms. The number of nitro groups is 1. The molecule has 16 heavy (non-hydrogen) atoms. The van der Waals surface area contributed by atoms with Crippen LogP contribution in [0.25, 0.3) is 0 Å². The van der Waals surface area contributed by atoms with Crippen LogP contribution in [0, 0.1) is 10.1 Å². The number of nitrogens with zero attached hydrogens (tertiary/aromatic N) is 2. The molecule has 1 heterocycles. The number of likely N-dealkylation sites (N-methyl/N-ethyl adjacent to an activating group) is 1. The molecular formula is C9H12ClN3O3. The van der Waals surface area contributed by atoms with E-state index in [1.54, 1.807) is 0 Å². The third-order valence-electron chi connectivity index (χ3n) is 1.76. The van der Waals surface area contributed by atoms with Gasteiger partial charge in [0, 0.05) is 12.6 Å². The number of halogens is 1. The smallest absolute Gasteiger partial charge is 0.332 e. The van der Waals surface area contributed by atoms with Crippen LogP contribution in [0.3, 0.4) is 0 Å². The predicted molar refractivity (Wildman–Crippen MR) is 59.9 cm³/mol. The summed E-state index contributed by atoms with van der Waals surface area (Å²) in [5, 5.41) is 13.9. The summed E-state index contributed by atoms with van der Waals surface area (Å²) >= 11 is 5.61. The average Bonchev–Trinajstić information content (AvgIpc) is 2.26. The first-order chi connectivity index (χ1) is 7.65. The molecule has 88 valence electrons. The van der Waals surface area contributed by atoms with E-state index in [-0.39, 0.29) is 16.6 Å². The van der Waals surface area contributed by atoms with Crippen LogP contribution in [0.2, 0.25) is 5.02 Å². The molecule has 1 aromatic heterocycles. The number of nitrogens with one attached hydrogen (secondary N) is 1. The van der Waals surface area contributed by atoms with Gasteiger partial charge in [-0.25, -0.2) is 4.98 Å². The Morgan fingerprint density at radius 1 is 1.69 bits per heavy atom. The van der Waals surface area contributed by atoms with Crippen LogP contribution >= 0.6 is 11.6 Å². The van der Waals surface area contributed by atoms with Crippen molar-refractivity contribution < 1.29 is 9.66 Å². The molecule has 0 spiro atoms. The standard InChI is InChI=1S/C9H12ClN3O3/c1-2-11-3-4-16-9-8(13(14)15)5-7(10)6-12-9/h5-6,11H,2-4H2,1H3. The minimum absolute atomic E-state index is 0.00713. The zero-order valence-electron chi connectivity index (χ0n) is 8.77. The molecule has 0 unspecified atom stereocenters. The molecule has 0 atom stereocenters. The average molecular weight is 246 g/mol. The molecule has 0 amide bonds. The highest BCUT2D eigenvalue weighted by Crippen LogP contribution is 2.26. The summed E-state index contributed by atoms with van der Waals surface area (Å²) in [6.07, 6.45) is 1.32. The fourth-order valence-corrected chi connectivity index (χ4v) is 1.21. The van der Waals surface area contributed by atoms with Crippen molar-refractivity contribution in [1.82, 2.24) is 10.3 Å². The quantitative estimate of drug-likeness (QED) is 0.468. The minimum atomic E-state index is -0.568. The first-order valence-electron chi connectivity index (χ1n) is 4.78. The van der Waals surface area contributed by atoms with Crippen molar-refractivity contribution in [3.8, 4) is 5.88 Å². The van der Waals surface area contributed by atoms with E-state index in [1.807, 2.05) is 6.92 Å². The molecule has 1 aromatic rings. The summed E-state index contributed by atoms with van der Waals surface area (Å²) < 4.78 is 5.18. The fraction of sp³-hybridized carbons (Fsp3) is 0.444. The molecule has 0 fully saturated rings. The van der Waals surface area contributed by atoms with Gasteiger partial charge in [-0.1, -0.05) is 18.5 Å². The van der Waals surface area contributed by atoms with E-state index in [2.05, 4.69) is 10.3 Å². The van der Waals surface area contributed by atoms with Gasteiger partial charge >= 0.3 is 5.69 Å². The van der Waals surface area contributed by atoms with E-state index in [0.29, 0.717) is 13.2 Å². The molecule has 0 aromatic carbocycles. The summed E-state index contributed by atoms with van der Waals surface area (Å²) in [7, 11) is 0. The van der Waals surface area contributed by atoms with Crippen molar-refractivity contribution in [2.24, 2.45) is 0 Å². The Balaban J connectivity index is 2.67. The molecule has 7 heteroatoms. The molecule has 0 saturated heterocycles. The van der Waals surface area contributed by atoms with Gasteiger partial charge in [0.1, 0.15) is 6.61 Å². The Bertz CT molecular complexity index is 373. The Hall–Kier alpha value is -1.40. The topological polar surface area (TPSA) is 77.3 Å².